The summed E-state index contributed by atoms with van der Waals surface area (Å²) in [7, 11) is 0. The molecule has 1 amide bonds. The lowest BCUT2D eigenvalue weighted by atomic mass is 9.92. The second-order valence-corrected chi connectivity index (χ2v) is 6.08. The average molecular weight is 300 g/mol. The van der Waals surface area contributed by atoms with E-state index in [1.165, 1.54) is 10.9 Å². The molecule has 0 saturated carbocycles. The summed E-state index contributed by atoms with van der Waals surface area (Å²) in [6.45, 7) is 3.61. The number of nitrogens with one attached hydrogen (secondary N) is 2. The molecular formula is C18H24N2O2. The fourth-order valence-electron chi connectivity index (χ4n) is 3.27. The minimum Gasteiger partial charge on any atom is -0.379 e. The molecule has 4 heteroatoms. The van der Waals surface area contributed by atoms with Crippen LogP contribution < -0.4 is 5.32 Å². The van der Waals surface area contributed by atoms with Crippen LogP contribution in [0.15, 0.2) is 30.5 Å². The van der Waals surface area contributed by atoms with Gasteiger partial charge in [0.2, 0.25) is 5.91 Å². The molecule has 3 rings (SSSR count). The molecule has 0 bridgehead atoms. The molecule has 4 nitrogen and oxygen atoms in total. The summed E-state index contributed by atoms with van der Waals surface area (Å²) in [5.74, 6) is 0.383. The smallest absolute Gasteiger partial charge is 0.220 e. The van der Waals surface area contributed by atoms with E-state index in [0.717, 1.165) is 31.4 Å². The van der Waals surface area contributed by atoms with Crippen molar-refractivity contribution in [2.24, 2.45) is 0 Å². The molecule has 2 atom stereocenters. The van der Waals surface area contributed by atoms with Crippen molar-refractivity contribution in [3.63, 3.8) is 0 Å². The third kappa shape index (κ3) is 3.33. The number of fused-ring (bicyclic) bond motifs is 1. The third-order valence-corrected chi connectivity index (χ3v) is 4.51. The lowest BCUT2D eigenvalue weighted by Gasteiger charge is -2.24. The van der Waals surface area contributed by atoms with Crippen molar-refractivity contribution in [3.05, 3.63) is 36.0 Å². The molecule has 1 aromatic carbocycles. The lowest BCUT2D eigenvalue weighted by molar-refractivity contribution is -0.123. The van der Waals surface area contributed by atoms with E-state index in [0.29, 0.717) is 13.0 Å². The number of carbonyl (C=O) groups is 1. The quantitative estimate of drug-likeness (QED) is 0.889. The van der Waals surface area contributed by atoms with Crippen molar-refractivity contribution in [1.82, 2.24) is 10.3 Å². The van der Waals surface area contributed by atoms with Crippen molar-refractivity contribution in [1.29, 1.82) is 0 Å². The minimum atomic E-state index is 0.132. The summed E-state index contributed by atoms with van der Waals surface area (Å²) in [5, 5.41) is 4.34. The number of amides is 1. The number of carbonyl (C=O) groups excluding carboxylic acids is 1. The second-order valence-electron chi connectivity index (χ2n) is 6.08. The summed E-state index contributed by atoms with van der Waals surface area (Å²) in [5.41, 5.74) is 2.38. The van der Waals surface area contributed by atoms with Gasteiger partial charge in [0.15, 0.2) is 0 Å². The number of benzene rings is 1. The van der Waals surface area contributed by atoms with Crippen molar-refractivity contribution in [2.45, 2.75) is 44.6 Å². The summed E-state index contributed by atoms with van der Waals surface area (Å²) >= 11 is 0. The summed E-state index contributed by atoms with van der Waals surface area (Å²) in [6, 6.07) is 8.45. The number of H-pyrrole nitrogens is 1. The lowest BCUT2D eigenvalue weighted by Crippen LogP contribution is -2.41. The van der Waals surface area contributed by atoms with E-state index in [-0.39, 0.29) is 17.9 Å². The first-order chi connectivity index (χ1) is 10.8. The first-order valence-corrected chi connectivity index (χ1v) is 8.21. The van der Waals surface area contributed by atoms with E-state index in [9.17, 15) is 4.79 Å². The highest BCUT2D eigenvalue weighted by Crippen LogP contribution is 2.30. The van der Waals surface area contributed by atoms with Crippen LogP contribution in [0.5, 0.6) is 0 Å². The van der Waals surface area contributed by atoms with E-state index in [1.54, 1.807) is 0 Å². The Morgan fingerprint density at radius 3 is 3.09 bits per heavy atom. The third-order valence-electron chi connectivity index (χ3n) is 4.51. The van der Waals surface area contributed by atoms with Crippen molar-refractivity contribution in [2.75, 3.05) is 13.2 Å². The van der Waals surface area contributed by atoms with Gasteiger partial charge >= 0.3 is 0 Å². The Morgan fingerprint density at radius 1 is 1.45 bits per heavy atom. The monoisotopic (exact) mass is 300 g/mol. The maximum absolute atomic E-state index is 12.3. The van der Waals surface area contributed by atoms with Crippen LogP contribution in [0.2, 0.25) is 0 Å². The Bertz CT molecular complexity index is 629. The molecule has 0 aliphatic carbocycles. The molecule has 0 spiro atoms. The SMILES string of the molecule is CC[C@@H](CC(=O)N[C@@H]1CCCOC1)c1c[nH]c2ccccc12. The molecule has 0 radical (unpaired) electrons. The predicted molar refractivity (Wildman–Crippen MR) is 87.9 cm³/mol. The maximum Gasteiger partial charge on any atom is 0.220 e. The molecule has 2 N–H and O–H groups in total. The molecule has 1 aliphatic rings. The number of ether oxygens (including phenoxy) is 1. The highest BCUT2D eigenvalue weighted by atomic mass is 16.5. The Balaban J connectivity index is 1.67. The molecule has 2 aromatic rings. The number of hydrogen-bond acceptors (Lipinski definition) is 2. The van der Waals surface area contributed by atoms with Gasteiger partial charge in [-0.2, -0.15) is 0 Å². The summed E-state index contributed by atoms with van der Waals surface area (Å²) in [6.07, 6.45) is 5.60. The molecule has 0 unspecified atom stereocenters. The highest BCUT2D eigenvalue weighted by Gasteiger charge is 2.21. The Morgan fingerprint density at radius 2 is 2.32 bits per heavy atom. The van der Waals surface area contributed by atoms with Crippen molar-refractivity contribution in [3.8, 4) is 0 Å². The zero-order valence-corrected chi connectivity index (χ0v) is 13.1. The Hall–Kier alpha value is -1.81. The molecule has 1 fully saturated rings. The van der Waals surface area contributed by atoms with Crippen LogP contribution in [0.4, 0.5) is 0 Å². The maximum atomic E-state index is 12.3. The second kappa shape index (κ2) is 6.97. The number of aromatic nitrogens is 1. The number of aromatic amines is 1. The van der Waals surface area contributed by atoms with Gasteiger partial charge in [-0.3, -0.25) is 4.79 Å². The summed E-state index contributed by atoms with van der Waals surface area (Å²) < 4.78 is 5.42. The van der Waals surface area contributed by atoms with E-state index in [1.807, 2.05) is 12.1 Å². The topological polar surface area (TPSA) is 54.1 Å². The van der Waals surface area contributed by atoms with E-state index in [2.05, 4.69) is 35.6 Å². The summed E-state index contributed by atoms with van der Waals surface area (Å²) in [4.78, 5) is 15.6. The van der Waals surface area contributed by atoms with Crippen LogP contribution in [0.3, 0.4) is 0 Å². The van der Waals surface area contributed by atoms with Crippen LogP contribution >= 0.6 is 0 Å². The van der Waals surface area contributed by atoms with Gasteiger partial charge in [0.05, 0.1) is 12.6 Å². The largest absolute Gasteiger partial charge is 0.379 e. The first-order valence-electron chi connectivity index (χ1n) is 8.21. The van der Waals surface area contributed by atoms with Crippen molar-refractivity contribution < 1.29 is 9.53 Å². The molecule has 22 heavy (non-hydrogen) atoms. The predicted octanol–water partition coefficient (Wildman–Crippen LogP) is 3.35. The normalized spacial score (nSPS) is 20.0. The van der Waals surface area contributed by atoms with Crippen LogP contribution in [-0.2, 0) is 9.53 Å². The van der Waals surface area contributed by atoms with Gasteiger partial charge in [-0.05, 0) is 36.8 Å². The zero-order chi connectivity index (χ0) is 15.4. The molecule has 1 saturated heterocycles. The zero-order valence-electron chi connectivity index (χ0n) is 13.1. The molecule has 1 aliphatic heterocycles. The molecule has 1 aromatic heterocycles. The van der Waals surface area contributed by atoms with Gasteiger partial charge in [0.25, 0.3) is 0 Å². The fraction of sp³-hybridized carbons (Fsp3) is 0.500. The molecule has 118 valence electrons. The standard InChI is InChI=1S/C18H24N2O2/c1-2-13(10-18(21)20-14-6-5-9-22-12-14)16-11-19-17-8-4-3-7-15(16)17/h3-4,7-8,11,13-14,19H,2,5-6,9-10,12H2,1H3,(H,20,21)/t13-,14+/m0/s1. The van der Waals surface area contributed by atoms with Crippen LogP contribution in [0.1, 0.15) is 44.1 Å². The van der Waals surface area contributed by atoms with Crippen LogP contribution in [0, 0.1) is 0 Å². The van der Waals surface area contributed by atoms with Gasteiger partial charge in [-0.1, -0.05) is 25.1 Å². The first kappa shape index (κ1) is 15.1. The van der Waals surface area contributed by atoms with Gasteiger partial charge in [0.1, 0.15) is 0 Å². The Labute approximate surface area is 131 Å². The Kier molecular flexibility index (Phi) is 4.78. The van der Waals surface area contributed by atoms with E-state index >= 15 is 0 Å². The van der Waals surface area contributed by atoms with Gasteiger partial charge in [0, 0.05) is 30.1 Å². The molecular weight excluding hydrogens is 276 g/mol. The van der Waals surface area contributed by atoms with E-state index < -0.39 is 0 Å². The van der Waals surface area contributed by atoms with Crippen molar-refractivity contribution >= 4 is 16.8 Å². The number of rotatable bonds is 5. The van der Waals surface area contributed by atoms with Crippen LogP contribution in [-0.4, -0.2) is 30.1 Å². The highest BCUT2D eigenvalue weighted by molar-refractivity contribution is 5.85. The average Bonchev–Trinajstić information content (AvgIpc) is 2.97. The number of para-hydroxylation sites is 1. The fourth-order valence-corrected chi connectivity index (χ4v) is 3.27. The van der Waals surface area contributed by atoms with Gasteiger partial charge in [-0.25, -0.2) is 0 Å². The minimum absolute atomic E-state index is 0.132. The molecule has 2 heterocycles. The van der Waals surface area contributed by atoms with Crippen LogP contribution in [0.25, 0.3) is 10.9 Å². The van der Waals surface area contributed by atoms with Gasteiger partial charge in [-0.15, -0.1) is 0 Å². The number of hydrogen-bond donors (Lipinski definition) is 2. The van der Waals surface area contributed by atoms with E-state index in [4.69, 9.17) is 4.74 Å². The van der Waals surface area contributed by atoms with Gasteiger partial charge < -0.3 is 15.0 Å².